The molecular weight excluding hydrogens is 282 g/mol. The molecule has 5 nitrogen and oxygen atoms in total. The lowest BCUT2D eigenvalue weighted by atomic mass is 10.1. The maximum atomic E-state index is 12.4. The number of hydrogen-bond acceptors (Lipinski definition) is 4. The molecule has 1 amide bonds. The van der Waals surface area contributed by atoms with Crippen molar-refractivity contribution >= 4 is 11.6 Å². The van der Waals surface area contributed by atoms with Crippen molar-refractivity contribution in [3.63, 3.8) is 0 Å². The van der Waals surface area contributed by atoms with E-state index in [1.54, 1.807) is 18.2 Å². The number of carbonyl (C=O) groups is 1. The Bertz CT molecular complexity index is 657. The highest BCUT2D eigenvalue weighted by molar-refractivity contribution is 5.95. The molecule has 0 aromatic heterocycles. The van der Waals surface area contributed by atoms with E-state index in [1.165, 1.54) is 7.11 Å². The molecule has 0 aliphatic carbocycles. The normalized spacial score (nSPS) is 14.2. The van der Waals surface area contributed by atoms with Crippen LogP contribution in [0.25, 0.3) is 0 Å². The molecule has 0 unspecified atom stereocenters. The first-order chi connectivity index (χ1) is 10.8. The van der Waals surface area contributed by atoms with Crippen LogP contribution in [-0.4, -0.2) is 26.2 Å². The van der Waals surface area contributed by atoms with Gasteiger partial charge in [0.2, 0.25) is 0 Å². The summed E-state index contributed by atoms with van der Waals surface area (Å²) in [6.07, 6.45) is -0.658. The smallest absolute Gasteiger partial charge is 0.258 e. The molecule has 0 fully saturated rings. The van der Waals surface area contributed by atoms with Gasteiger partial charge >= 0.3 is 0 Å². The van der Waals surface area contributed by atoms with Crippen molar-refractivity contribution in [2.24, 2.45) is 0 Å². The molecule has 1 atom stereocenters. The molecule has 114 valence electrons. The van der Waals surface area contributed by atoms with Gasteiger partial charge in [0, 0.05) is 18.9 Å². The quantitative estimate of drug-likeness (QED) is 0.943. The van der Waals surface area contributed by atoms with Crippen LogP contribution in [0.3, 0.4) is 0 Å². The minimum absolute atomic E-state index is 0.231. The van der Waals surface area contributed by atoms with Gasteiger partial charge in [0.05, 0.1) is 0 Å². The summed E-state index contributed by atoms with van der Waals surface area (Å²) in [6, 6.07) is 14.7. The number of amides is 1. The average molecular weight is 299 g/mol. The molecule has 0 bridgehead atoms. The number of hydrogen-bond donors (Lipinski definition) is 1. The van der Waals surface area contributed by atoms with Gasteiger partial charge in [-0.2, -0.15) is 0 Å². The Balaban J connectivity index is 1.76. The summed E-state index contributed by atoms with van der Waals surface area (Å²) in [7, 11) is 1.51. The van der Waals surface area contributed by atoms with E-state index in [1.807, 2.05) is 30.3 Å². The van der Waals surface area contributed by atoms with Gasteiger partial charge < -0.3 is 19.5 Å². The third-order valence-electron chi connectivity index (χ3n) is 3.39. The van der Waals surface area contributed by atoms with Crippen LogP contribution in [0, 0.1) is 0 Å². The minimum Gasteiger partial charge on any atom is -0.486 e. The Kier molecular flexibility index (Phi) is 4.25. The monoisotopic (exact) mass is 299 g/mol. The second-order valence-electron chi connectivity index (χ2n) is 4.87. The molecule has 1 aliphatic rings. The largest absolute Gasteiger partial charge is 0.486 e. The van der Waals surface area contributed by atoms with E-state index in [4.69, 9.17) is 14.2 Å². The highest BCUT2D eigenvalue weighted by Gasteiger charge is 2.20. The Morgan fingerprint density at radius 1 is 1.09 bits per heavy atom. The van der Waals surface area contributed by atoms with Crippen LogP contribution in [0.15, 0.2) is 48.5 Å². The molecule has 2 aromatic carbocycles. The zero-order chi connectivity index (χ0) is 15.4. The van der Waals surface area contributed by atoms with E-state index >= 15 is 0 Å². The lowest BCUT2D eigenvalue weighted by molar-refractivity contribution is -0.126. The third-order valence-corrected chi connectivity index (χ3v) is 3.39. The highest BCUT2D eigenvalue weighted by atomic mass is 16.6. The van der Waals surface area contributed by atoms with Gasteiger partial charge in [-0.15, -0.1) is 0 Å². The van der Waals surface area contributed by atoms with Gasteiger partial charge in [-0.05, 0) is 17.7 Å². The van der Waals surface area contributed by atoms with Gasteiger partial charge in [0.25, 0.3) is 5.91 Å². The van der Waals surface area contributed by atoms with Crippen LogP contribution in [0.2, 0.25) is 0 Å². The Morgan fingerprint density at radius 2 is 1.82 bits per heavy atom. The van der Waals surface area contributed by atoms with Gasteiger partial charge in [0.15, 0.2) is 17.6 Å². The van der Waals surface area contributed by atoms with Crippen molar-refractivity contribution in [2.75, 3.05) is 25.6 Å². The van der Waals surface area contributed by atoms with Crippen LogP contribution in [0.1, 0.15) is 11.7 Å². The first-order valence-electron chi connectivity index (χ1n) is 7.06. The molecule has 1 aliphatic heterocycles. The molecule has 3 rings (SSSR count). The Hall–Kier alpha value is -2.53. The fraction of sp³-hybridized carbons (Fsp3) is 0.235. The second kappa shape index (κ2) is 6.49. The van der Waals surface area contributed by atoms with Crippen LogP contribution in [0.4, 0.5) is 5.69 Å². The van der Waals surface area contributed by atoms with E-state index in [-0.39, 0.29) is 5.91 Å². The lowest BCUT2D eigenvalue weighted by Gasteiger charge is -2.20. The zero-order valence-electron chi connectivity index (χ0n) is 12.2. The predicted octanol–water partition coefficient (Wildman–Crippen LogP) is 2.78. The molecule has 22 heavy (non-hydrogen) atoms. The molecule has 0 saturated heterocycles. The number of ether oxygens (including phenoxy) is 3. The molecule has 1 N–H and O–H groups in total. The molecule has 0 spiro atoms. The molecule has 1 heterocycles. The molecule has 0 saturated carbocycles. The molecule has 2 aromatic rings. The van der Waals surface area contributed by atoms with Crippen molar-refractivity contribution in [1.29, 1.82) is 0 Å². The fourth-order valence-corrected chi connectivity index (χ4v) is 2.35. The van der Waals surface area contributed by atoms with E-state index < -0.39 is 6.10 Å². The highest BCUT2D eigenvalue weighted by Crippen LogP contribution is 2.33. The zero-order valence-corrected chi connectivity index (χ0v) is 12.2. The van der Waals surface area contributed by atoms with Crippen LogP contribution < -0.4 is 14.8 Å². The fourth-order valence-electron chi connectivity index (χ4n) is 2.35. The number of rotatable bonds is 4. The number of anilines is 1. The summed E-state index contributed by atoms with van der Waals surface area (Å²) in [6.45, 7) is 1.05. The predicted molar refractivity (Wildman–Crippen MR) is 82.3 cm³/mol. The maximum Gasteiger partial charge on any atom is 0.258 e. The summed E-state index contributed by atoms with van der Waals surface area (Å²) in [5, 5.41) is 2.84. The number of nitrogens with one attached hydrogen (secondary N) is 1. The summed E-state index contributed by atoms with van der Waals surface area (Å²) in [5.74, 6) is 1.10. The van der Waals surface area contributed by atoms with Crippen molar-refractivity contribution in [2.45, 2.75) is 6.10 Å². The van der Waals surface area contributed by atoms with Crippen molar-refractivity contribution in [3.8, 4) is 11.5 Å². The Morgan fingerprint density at radius 3 is 2.55 bits per heavy atom. The Labute approximate surface area is 128 Å². The van der Waals surface area contributed by atoms with Crippen molar-refractivity contribution in [1.82, 2.24) is 0 Å². The number of benzene rings is 2. The van der Waals surface area contributed by atoms with E-state index in [0.29, 0.717) is 30.4 Å². The first kappa shape index (κ1) is 14.4. The van der Waals surface area contributed by atoms with Gasteiger partial charge in [-0.25, -0.2) is 0 Å². The van der Waals surface area contributed by atoms with Crippen LogP contribution in [-0.2, 0) is 9.53 Å². The average Bonchev–Trinajstić information content (AvgIpc) is 2.56. The number of fused-ring (bicyclic) bond motifs is 1. The molecule has 0 radical (unpaired) electrons. The minimum atomic E-state index is -0.658. The van der Waals surface area contributed by atoms with Crippen LogP contribution >= 0.6 is 0 Å². The van der Waals surface area contributed by atoms with Crippen molar-refractivity contribution < 1.29 is 19.0 Å². The summed E-state index contributed by atoms with van der Waals surface area (Å²) in [5.41, 5.74) is 1.45. The van der Waals surface area contributed by atoms with E-state index in [2.05, 4.69) is 5.32 Å². The van der Waals surface area contributed by atoms with Gasteiger partial charge in [-0.1, -0.05) is 30.3 Å². The second-order valence-corrected chi connectivity index (χ2v) is 4.87. The summed E-state index contributed by atoms with van der Waals surface area (Å²) >= 11 is 0. The van der Waals surface area contributed by atoms with E-state index in [0.717, 1.165) is 5.56 Å². The number of carbonyl (C=O) groups excluding carboxylic acids is 1. The summed E-state index contributed by atoms with van der Waals surface area (Å²) < 4.78 is 16.3. The topological polar surface area (TPSA) is 56.8 Å². The molecular formula is C17H17NO4. The van der Waals surface area contributed by atoms with Gasteiger partial charge in [0.1, 0.15) is 13.2 Å². The SMILES string of the molecule is CO[C@@H](C(=O)Nc1ccc2c(c1)OCCO2)c1ccccc1. The number of methoxy groups -OCH3 is 1. The van der Waals surface area contributed by atoms with E-state index in [9.17, 15) is 4.79 Å². The van der Waals surface area contributed by atoms with Gasteiger partial charge in [-0.3, -0.25) is 4.79 Å². The standard InChI is InChI=1S/C17H17NO4/c1-20-16(12-5-3-2-4-6-12)17(19)18-13-7-8-14-15(11-13)22-10-9-21-14/h2-8,11,16H,9-10H2,1H3,(H,18,19)/t16-/m1/s1. The van der Waals surface area contributed by atoms with Crippen LogP contribution in [0.5, 0.6) is 11.5 Å². The third kappa shape index (κ3) is 3.04. The first-order valence-corrected chi connectivity index (χ1v) is 7.06. The molecule has 5 heteroatoms. The van der Waals surface area contributed by atoms with Crippen molar-refractivity contribution in [3.05, 3.63) is 54.1 Å². The summed E-state index contributed by atoms with van der Waals surface area (Å²) in [4.78, 5) is 12.4. The lowest BCUT2D eigenvalue weighted by Crippen LogP contribution is -2.23. The maximum absolute atomic E-state index is 12.4.